The minimum atomic E-state index is -0.148. The van der Waals surface area contributed by atoms with Crippen molar-refractivity contribution in [3.8, 4) is 0 Å². The van der Waals surface area contributed by atoms with Crippen molar-refractivity contribution in [2.45, 2.75) is 24.7 Å². The lowest BCUT2D eigenvalue weighted by atomic mass is 10.1. The molecule has 0 saturated carbocycles. The van der Waals surface area contributed by atoms with Gasteiger partial charge in [-0.2, -0.15) is 0 Å². The average Bonchev–Trinajstić information content (AvgIpc) is 2.63. The van der Waals surface area contributed by atoms with Crippen LogP contribution in [0.1, 0.15) is 35.7 Å². The Labute approximate surface area is 151 Å². The summed E-state index contributed by atoms with van der Waals surface area (Å²) in [5, 5.41) is 5.77. The van der Waals surface area contributed by atoms with Gasteiger partial charge in [-0.05, 0) is 36.3 Å². The monoisotopic (exact) mass is 352 g/mol. The summed E-state index contributed by atoms with van der Waals surface area (Å²) < 4.78 is 0. The van der Waals surface area contributed by atoms with E-state index in [2.05, 4.69) is 17.6 Å². The average molecular weight is 352 g/mol. The van der Waals surface area contributed by atoms with Gasteiger partial charge < -0.3 is 10.6 Å². The number of unbranched alkanes of at least 4 members (excludes halogenated alkanes) is 1. The predicted octanol–water partition coefficient (Wildman–Crippen LogP) is 4.30. The van der Waals surface area contributed by atoms with Crippen LogP contribution in [0.15, 0.2) is 58.3 Å². The van der Waals surface area contributed by atoms with Gasteiger partial charge in [0.15, 0.2) is 0 Å². The van der Waals surface area contributed by atoms with Gasteiger partial charge in [-0.3, -0.25) is 9.59 Å². The van der Waals surface area contributed by atoms with Gasteiger partial charge in [0.25, 0.3) is 11.8 Å². The maximum Gasteiger partial charge on any atom is 0.262 e. The number of rotatable bonds is 5. The van der Waals surface area contributed by atoms with E-state index in [-0.39, 0.29) is 11.8 Å². The SMILES string of the molecule is CCCCNC(=O)c1ccc2c(c1)NC(=O)/C(=C/c1ccccc1)S2. The predicted molar refractivity (Wildman–Crippen MR) is 103 cm³/mol. The first-order valence-corrected chi connectivity index (χ1v) is 9.17. The summed E-state index contributed by atoms with van der Waals surface area (Å²) in [7, 11) is 0. The molecule has 2 amide bonds. The van der Waals surface area contributed by atoms with Crippen LogP contribution in [0.3, 0.4) is 0 Å². The molecule has 3 rings (SSSR count). The highest BCUT2D eigenvalue weighted by atomic mass is 32.2. The molecule has 1 aliphatic heterocycles. The summed E-state index contributed by atoms with van der Waals surface area (Å²) in [6, 6.07) is 15.2. The fraction of sp³-hybridized carbons (Fsp3) is 0.200. The van der Waals surface area contributed by atoms with E-state index < -0.39 is 0 Å². The van der Waals surface area contributed by atoms with Crippen LogP contribution in [0, 0.1) is 0 Å². The molecule has 1 aliphatic rings. The molecule has 128 valence electrons. The van der Waals surface area contributed by atoms with Gasteiger partial charge in [-0.25, -0.2) is 0 Å². The molecule has 0 aromatic heterocycles. The van der Waals surface area contributed by atoms with E-state index in [4.69, 9.17) is 0 Å². The van der Waals surface area contributed by atoms with E-state index in [0.29, 0.717) is 22.7 Å². The minimum absolute atomic E-state index is 0.110. The standard InChI is InChI=1S/C20H20N2O2S/c1-2-3-11-21-19(23)15-9-10-17-16(13-15)22-20(24)18(25-17)12-14-7-5-4-6-8-14/h4-10,12-13H,2-3,11H2,1H3,(H,21,23)(H,22,24)/b18-12-. The van der Waals surface area contributed by atoms with Gasteiger partial charge in [0.1, 0.15) is 0 Å². The molecule has 1 heterocycles. The smallest absolute Gasteiger partial charge is 0.262 e. The lowest BCUT2D eigenvalue weighted by molar-refractivity contribution is -0.112. The highest BCUT2D eigenvalue weighted by Gasteiger charge is 2.22. The number of hydrogen-bond donors (Lipinski definition) is 2. The highest BCUT2D eigenvalue weighted by Crippen LogP contribution is 2.39. The van der Waals surface area contributed by atoms with E-state index >= 15 is 0 Å². The van der Waals surface area contributed by atoms with Crippen molar-refractivity contribution in [2.24, 2.45) is 0 Å². The number of amides is 2. The van der Waals surface area contributed by atoms with E-state index in [1.165, 1.54) is 11.8 Å². The fourth-order valence-electron chi connectivity index (χ4n) is 2.48. The Morgan fingerprint density at radius 1 is 1.20 bits per heavy atom. The molecule has 0 fully saturated rings. The van der Waals surface area contributed by atoms with Gasteiger partial charge in [-0.1, -0.05) is 55.4 Å². The van der Waals surface area contributed by atoms with Gasteiger partial charge >= 0.3 is 0 Å². The van der Waals surface area contributed by atoms with E-state index in [1.807, 2.05) is 42.5 Å². The zero-order valence-corrected chi connectivity index (χ0v) is 14.9. The summed E-state index contributed by atoms with van der Waals surface area (Å²) >= 11 is 1.42. The maximum atomic E-state index is 12.4. The Hall–Kier alpha value is -2.53. The molecule has 0 unspecified atom stereocenters. The van der Waals surface area contributed by atoms with Crippen molar-refractivity contribution in [1.29, 1.82) is 0 Å². The van der Waals surface area contributed by atoms with Crippen molar-refractivity contribution in [1.82, 2.24) is 5.32 Å². The second-order valence-corrected chi connectivity index (χ2v) is 6.88. The second kappa shape index (κ2) is 8.03. The molecule has 2 aromatic rings. The number of carbonyl (C=O) groups excluding carboxylic acids is 2. The summed E-state index contributed by atoms with van der Waals surface area (Å²) in [5.74, 6) is -0.258. The second-order valence-electron chi connectivity index (χ2n) is 5.80. The number of thioether (sulfide) groups is 1. The molecule has 0 bridgehead atoms. The van der Waals surface area contributed by atoms with Gasteiger partial charge in [0.05, 0.1) is 10.6 Å². The number of fused-ring (bicyclic) bond motifs is 1. The Morgan fingerprint density at radius 2 is 2.00 bits per heavy atom. The van der Waals surface area contributed by atoms with Crippen molar-refractivity contribution in [2.75, 3.05) is 11.9 Å². The van der Waals surface area contributed by atoms with Crippen LogP contribution in [0.4, 0.5) is 5.69 Å². The lowest BCUT2D eigenvalue weighted by Crippen LogP contribution is -2.25. The Balaban J connectivity index is 1.77. The number of carbonyl (C=O) groups is 2. The summed E-state index contributed by atoms with van der Waals surface area (Å²) in [5.41, 5.74) is 2.23. The summed E-state index contributed by atoms with van der Waals surface area (Å²) in [6.45, 7) is 2.75. The largest absolute Gasteiger partial charge is 0.352 e. The third-order valence-electron chi connectivity index (χ3n) is 3.85. The van der Waals surface area contributed by atoms with Crippen molar-refractivity contribution in [3.63, 3.8) is 0 Å². The molecule has 0 aliphatic carbocycles. The molecule has 0 spiro atoms. The van der Waals surface area contributed by atoms with Gasteiger partial charge in [0, 0.05) is 17.0 Å². The summed E-state index contributed by atoms with van der Waals surface area (Å²) in [6.07, 6.45) is 3.86. The fourth-order valence-corrected chi connectivity index (χ4v) is 3.41. The molecular weight excluding hydrogens is 332 g/mol. The Morgan fingerprint density at radius 3 is 2.76 bits per heavy atom. The van der Waals surface area contributed by atoms with Gasteiger partial charge in [-0.15, -0.1) is 0 Å². The molecule has 25 heavy (non-hydrogen) atoms. The Kier molecular flexibility index (Phi) is 5.56. The molecule has 0 radical (unpaired) electrons. The quantitative estimate of drug-likeness (QED) is 0.623. The molecular formula is C20H20N2O2S. The number of nitrogens with one attached hydrogen (secondary N) is 2. The minimum Gasteiger partial charge on any atom is -0.352 e. The van der Waals surface area contributed by atoms with Crippen LogP contribution in [-0.4, -0.2) is 18.4 Å². The van der Waals surface area contributed by atoms with Crippen molar-refractivity contribution < 1.29 is 9.59 Å². The molecule has 0 atom stereocenters. The van der Waals surface area contributed by atoms with E-state index in [0.717, 1.165) is 23.3 Å². The normalized spacial score (nSPS) is 14.8. The first-order chi connectivity index (χ1) is 12.2. The third kappa shape index (κ3) is 4.31. The van der Waals surface area contributed by atoms with Gasteiger partial charge in [0.2, 0.25) is 0 Å². The zero-order chi connectivity index (χ0) is 17.6. The first-order valence-electron chi connectivity index (χ1n) is 8.35. The summed E-state index contributed by atoms with van der Waals surface area (Å²) in [4.78, 5) is 26.1. The molecule has 0 saturated heterocycles. The van der Waals surface area contributed by atoms with Crippen LogP contribution >= 0.6 is 11.8 Å². The van der Waals surface area contributed by atoms with Crippen LogP contribution in [0.5, 0.6) is 0 Å². The number of anilines is 1. The molecule has 2 N–H and O–H groups in total. The third-order valence-corrected chi connectivity index (χ3v) is 4.95. The van der Waals surface area contributed by atoms with Crippen molar-refractivity contribution in [3.05, 3.63) is 64.6 Å². The molecule has 2 aromatic carbocycles. The van der Waals surface area contributed by atoms with Crippen LogP contribution in [0.25, 0.3) is 6.08 Å². The maximum absolute atomic E-state index is 12.4. The Bertz CT molecular complexity index is 816. The van der Waals surface area contributed by atoms with Crippen LogP contribution in [-0.2, 0) is 4.79 Å². The topological polar surface area (TPSA) is 58.2 Å². The van der Waals surface area contributed by atoms with E-state index in [9.17, 15) is 9.59 Å². The van der Waals surface area contributed by atoms with Crippen LogP contribution < -0.4 is 10.6 Å². The molecule has 4 nitrogen and oxygen atoms in total. The highest BCUT2D eigenvalue weighted by molar-refractivity contribution is 8.04. The van der Waals surface area contributed by atoms with Crippen molar-refractivity contribution >= 4 is 35.3 Å². The lowest BCUT2D eigenvalue weighted by Gasteiger charge is -2.19. The van der Waals surface area contributed by atoms with E-state index in [1.54, 1.807) is 12.1 Å². The number of benzene rings is 2. The zero-order valence-electron chi connectivity index (χ0n) is 14.0. The molecule has 5 heteroatoms. The number of hydrogen-bond acceptors (Lipinski definition) is 3. The van der Waals surface area contributed by atoms with Crippen LogP contribution in [0.2, 0.25) is 0 Å². The first kappa shape index (κ1) is 17.3.